The topological polar surface area (TPSA) is 108 Å². The highest BCUT2D eigenvalue weighted by Crippen LogP contribution is 2.20. The van der Waals surface area contributed by atoms with E-state index in [4.69, 9.17) is 4.74 Å². The molecule has 2 aromatic heterocycles. The fourth-order valence-corrected chi connectivity index (χ4v) is 5.23. The van der Waals surface area contributed by atoms with Crippen molar-refractivity contribution in [3.05, 3.63) is 106 Å². The van der Waals surface area contributed by atoms with Crippen molar-refractivity contribution in [3.63, 3.8) is 0 Å². The van der Waals surface area contributed by atoms with E-state index < -0.39 is 12.1 Å². The van der Waals surface area contributed by atoms with Crippen LogP contribution in [0.25, 0.3) is 0 Å². The van der Waals surface area contributed by atoms with Gasteiger partial charge in [0.15, 0.2) is 0 Å². The molecule has 0 aliphatic rings. The van der Waals surface area contributed by atoms with E-state index >= 15 is 0 Å². The first kappa shape index (κ1) is 29.7. The Bertz CT molecular complexity index is 1460. The van der Waals surface area contributed by atoms with Gasteiger partial charge in [-0.15, -0.1) is 11.3 Å². The zero-order chi connectivity index (χ0) is 29.4. The molecular weight excluding hydrogens is 538 g/mol. The Labute approximate surface area is 244 Å². The van der Waals surface area contributed by atoms with Crippen LogP contribution in [0.15, 0.2) is 78.4 Å². The number of aryl methyl sites for hydroxylation is 1. The lowest BCUT2D eigenvalue weighted by Gasteiger charge is -2.29. The summed E-state index contributed by atoms with van der Waals surface area (Å²) in [4.78, 5) is 38.6. The first-order chi connectivity index (χ1) is 19.7. The van der Waals surface area contributed by atoms with Crippen molar-refractivity contribution in [1.82, 2.24) is 20.2 Å². The highest BCUT2D eigenvalue weighted by Gasteiger charge is 2.25. The third kappa shape index (κ3) is 8.12. The Kier molecular flexibility index (Phi) is 10.0. The van der Waals surface area contributed by atoms with Gasteiger partial charge in [0.2, 0.25) is 0 Å². The number of nitrogens with one attached hydrogen (secondary N) is 1. The first-order valence-corrected chi connectivity index (χ1v) is 14.1. The zero-order valence-corrected chi connectivity index (χ0v) is 24.5. The van der Waals surface area contributed by atoms with E-state index in [1.54, 1.807) is 55.7 Å². The zero-order valence-electron chi connectivity index (χ0n) is 23.7. The molecule has 10 heteroatoms. The maximum atomic E-state index is 13.4. The monoisotopic (exact) mass is 573 g/mol. The standard InChI is InChI=1S/C31H35N5O4S/c1-21-20-41-29(33-21)19-36(3)31(39)24-12-8-11-23(14-24)30(38)34-27(13-22-9-6-5-7-10-22)28(37)18-35(2)25-15-26(40-4)17-32-16-25/h5-12,14-17,20,27-28,37H,13,18-19H2,1-4H3,(H,34,38). The van der Waals surface area contributed by atoms with Gasteiger partial charge in [-0.2, -0.15) is 0 Å². The minimum absolute atomic E-state index is 0.207. The molecule has 0 saturated heterocycles. The van der Waals surface area contributed by atoms with Crippen LogP contribution >= 0.6 is 11.3 Å². The van der Waals surface area contributed by atoms with Gasteiger partial charge < -0.3 is 25.0 Å². The molecule has 2 unspecified atom stereocenters. The molecule has 0 saturated carbocycles. The van der Waals surface area contributed by atoms with Crippen molar-refractivity contribution >= 4 is 28.8 Å². The van der Waals surface area contributed by atoms with Crippen LogP contribution in [-0.4, -0.2) is 71.7 Å². The second kappa shape index (κ2) is 13.9. The van der Waals surface area contributed by atoms with Crippen LogP contribution in [0.1, 0.15) is 37.0 Å². The number of hydrogen-bond donors (Lipinski definition) is 2. The summed E-state index contributed by atoms with van der Waals surface area (Å²) in [5.74, 6) is 0.0326. The van der Waals surface area contributed by atoms with Crippen molar-refractivity contribution in [2.45, 2.75) is 32.0 Å². The van der Waals surface area contributed by atoms with E-state index in [1.165, 1.54) is 11.3 Å². The van der Waals surface area contributed by atoms with Crippen molar-refractivity contribution in [3.8, 4) is 5.75 Å². The highest BCUT2D eigenvalue weighted by molar-refractivity contribution is 7.09. The second-order valence-electron chi connectivity index (χ2n) is 9.93. The molecule has 4 aromatic rings. The molecule has 214 valence electrons. The SMILES string of the molecule is COc1cncc(N(C)CC(O)C(Cc2ccccc2)NC(=O)c2cccc(C(=O)N(C)Cc3nc(C)cs3)c2)c1. The van der Waals surface area contributed by atoms with Crippen molar-refractivity contribution in [2.24, 2.45) is 0 Å². The Morgan fingerprint density at radius 1 is 1.05 bits per heavy atom. The lowest BCUT2D eigenvalue weighted by atomic mass is 9.99. The van der Waals surface area contributed by atoms with Gasteiger partial charge in [0, 0.05) is 48.9 Å². The van der Waals surface area contributed by atoms with E-state index in [-0.39, 0.29) is 18.4 Å². The molecule has 0 aliphatic carbocycles. The van der Waals surface area contributed by atoms with Crippen LogP contribution in [0.2, 0.25) is 0 Å². The number of aromatic nitrogens is 2. The fourth-order valence-electron chi connectivity index (χ4n) is 4.41. The Hall–Kier alpha value is -4.28. The molecule has 9 nitrogen and oxygen atoms in total. The molecule has 4 rings (SSSR count). The van der Waals surface area contributed by atoms with Gasteiger partial charge in [0.1, 0.15) is 10.8 Å². The Morgan fingerprint density at radius 3 is 2.51 bits per heavy atom. The minimum atomic E-state index is -0.909. The average molecular weight is 574 g/mol. The predicted octanol–water partition coefficient (Wildman–Crippen LogP) is 3.97. The van der Waals surface area contributed by atoms with Gasteiger partial charge in [-0.05, 0) is 37.1 Å². The number of amides is 2. The summed E-state index contributed by atoms with van der Waals surface area (Å²) in [5, 5.41) is 17.1. The first-order valence-electron chi connectivity index (χ1n) is 13.2. The maximum absolute atomic E-state index is 13.4. The number of methoxy groups -OCH3 is 1. The molecule has 0 bridgehead atoms. The van der Waals surface area contributed by atoms with Crippen LogP contribution in [0, 0.1) is 6.92 Å². The smallest absolute Gasteiger partial charge is 0.253 e. The van der Waals surface area contributed by atoms with E-state index in [2.05, 4.69) is 15.3 Å². The molecule has 0 aliphatic heterocycles. The fraction of sp³-hybridized carbons (Fsp3) is 0.290. The minimum Gasteiger partial charge on any atom is -0.495 e. The average Bonchev–Trinajstić information content (AvgIpc) is 3.40. The molecule has 2 amide bonds. The van der Waals surface area contributed by atoms with Gasteiger partial charge in [0.05, 0.1) is 43.9 Å². The summed E-state index contributed by atoms with van der Waals surface area (Å²) in [6.45, 7) is 2.54. The summed E-state index contributed by atoms with van der Waals surface area (Å²) in [7, 11) is 5.13. The number of aliphatic hydroxyl groups is 1. The van der Waals surface area contributed by atoms with E-state index in [0.717, 1.165) is 22.0 Å². The Morgan fingerprint density at radius 2 is 1.80 bits per heavy atom. The van der Waals surface area contributed by atoms with Crippen molar-refractivity contribution in [2.75, 3.05) is 32.6 Å². The number of carbonyl (C=O) groups is 2. The number of aliphatic hydroxyl groups excluding tert-OH is 1. The van der Waals surface area contributed by atoms with E-state index in [9.17, 15) is 14.7 Å². The molecule has 2 N–H and O–H groups in total. The van der Waals surface area contributed by atoms with Gasteiger partial charge in [0.25, 0.3) is 11.8 Å². The molecule has 0 fully saturated rings. The third-order valence-electron chi connectivity index (χ3n) is 6.67. The maximum Gasteiger partial charge on any atom is 0.253 e. The molecule has 2 aromatic carbocycles. The van der Waals surface area contributed by atoms with Gasteiger partial charge in [-0.25, -0.2) is 4.98 Å². The normalized spacial score (nSPS) is 12.3. The van der Waals surface area contributed by atoms with Crippen LogP contribution in [-0.2, 0) is 13.0 Å². The predicted molar refractivity (Wildman–Crippen MR) is 161 cm³/mol. The van der Waals surface area contributed by atoms with Crippen molar-refractivity contribution < 1.29 is 19.4 Å². The lowest BCUT2D eigenvalue weighted by Crippen LogP contribution is -2.49. The summed E-state index contributed by atoms with van der Waals surface area (Å²) >= 11 is 1.51. The van der Waals surface area contributed by atoms with Gasteiger partial charge in [-0.1, -0.05) is 36.4 Å². The third-order valence-corrected chi connectivity index (χ3v) is 7.62. The molecule has 41 heavy (non-hydrogen) atoms. The van der Waals surface area contributed by atoms with Crippen molar-refractivity contribution in [1.29, 1.82) is 0 Å². The summed E-state index contributed by atoms with van der Waals surface area (Å²) in [6.07, 6.45) is 2.82. The van der Waals surface area contributed by atoms with Crippen LogP contribution < -0.4 is 15.0 Å². The number of rotatable bonds is 12. The second-order valence-corrected chi connectivity index (χ2v) is 10.9. The number of hydrogen-bond acceptors (Lipinski definition) is 8. The molecule has 0 spiro atoms. The number of nitrogens with zero attached hydrogens (tertiary/aromatic N) is 4. The van der Waals surface area contributed by atoms with Gasteiger partial charge >= 0.3 is 0 Å². The molecular formula is C31H35N5O4S. The summed E-state index contributed by atoms with van der Waals surface area (Å²) in [6, 6.07) is 17.6. The quantitative estimate of drug-likeness (QED) is 0.264. The lowest BCUT2D eigenvalue weighted by molar-refractivity contribution is 0.0785. The Balaban J connectivity index is 1.48. The van der Waals surface area contributed by atoms with Gasteiger partial charge in [-0.3, -0.25) is 14.6 Å². The number of ether oxygens (including phenoxy) is 1. The van der Waals surface area contributed by atoms with Crippen LogP contribution in [0.3, 0.4) is 0 Å². The number of pyridine rings is 1. The summed E-state index contributed by atoms with van der Waals surface area (Å²) < 4.78 is 5.27. The number of thiazole rings is 1. The van der Waals surface area contributed by atoms with E-state index in [0.29, 0.717) is 29.8 Å². The number of anilines is 1. The van der Waals surface area contributed by atoms with E-state index in [1.807, 2.05) is 60.6 Å². The number of benzene rings is 2. The highest BCUT2D eigenvalue weighted by atomic mass is 32.1. The molecule has 2 heterocycles. The summed E-state index contributed by atoms with van der Waals surface area (Å²) in [5.41, 5.74) is 3.41. The molecule has 0 radical (unpaired) electrons. The van der Waals surface area contributed by atoms with Crippen LogP contribution in [0.4, 0.5) is 5.69 Å². The largest absolute Gasteiger partial charge is 0.495 e. The van der Waals surface area contributed by atoms with Crippen LogP contribution in [0.5, 0.6) is 5.75 Å². The molecule has 2 atom stereocenters. The number of likely N-dealkylation sites (N-methyl/N-ethyl adjacent to an activating group) is 1. The number of carbonyl (C=O) groups excluding carboxylic acids is 2.